The summed E-state index contributed by atoms with van der Waals surface area (Å²) < 4.78 is 0. The number of likely N-dealkylation sites (tertiary alicyclic amines) is 2. The molecular formula is C22H30N4. The van der Waals surface area contributed by atoms with Gasteiger partial charge < -0.3 is 0 Å². The number of likely N-dealkylation sites (N-methyl/N-ethyl adjacent to an activating group) is 1. The van der Waals surface area contributed by atoms with Gasteiger partial charge in [-0.15, -0.1) is 0 Å². The Bertz CT molecular complexity index is 723. The van der Waals surface area contributed by atoms with E-state index in [4.69, 9.17) is 4.98 Å². The van der Waals surface area contributed by atoms with Gasteiger partial charge in [-0.05, 0) is 76.4 Å². The minimum Gasteiger partial charge on any atom is -0.293 e. The van der Waals surface area contributed by atoms with E-state index in [0.717, 1.165) is 6.54 Å². The predicted molar refractivity (Wildman–Crippen MR) is 105 cm³/mol. The zero-order valence-corrected chi connectivity index (χ0v) is 16.2. The van der Waals surface area contributed by atoms with E-state index in [9.17, 15) is 0 Å². The molecule has 4 heterocycles. The van der Waals surface area contributed by atoms with E-state index in [-0.39, 0.29) is 0 Å². The van der Waals surface area contributed by atoms with Crippen LogP contribution in [0.3, 0.4) is 0 Å². The lowest BCUT2D eigenvalue weighted by Gasteiger charge is -2.35. The molecule has 2 aromatic rings. The maximum absolute atomic E-state index is 4.70. The van der Waals surface area contributed by atoms with Gasteiger partial charge in [-0.2, -0.15) is 0 Å². The van der Waals surface area contributed by atoms with Crippen molar-refractivity contribution in [1.82, 2.24) is 19.8 Å². The molecule has 0 saturated carbocycles. The van der Waals surface area contributed by atoms with Crippen molar-refractivity contribution in [2.75, 3.05) is 13.6 Å². The number of aryl methyl sites for hydroxylation is 2. The minimum atomic E-state index is 0.459. The van der Waals surface area contributed by atoms with Crippen LogP contribution in [0.5, 0.6) is 0 Å². The second kappa shape index (κ2) is 7.45. The van der Waals surface area contributed by atoms with Crippen LogP contribution in [0.1, 0.15) is 54.2 Å². The van der Waals surface area contributed by atoms with Crippen LogP contribution < -0.4 is 0 Å². The molecule has 138 valence electrons. The fourth-order valence-electron chi connectivity index (χ4n) is 4.75. The minimum absolute atomic E-state index is 0.459. The van der Waals surface area contributed by atoms with Gasteiger partial charge in [0.2, 0.25) is 0 Å². The van der Waals surface area contributed by atoms with Gasteiger partial charge in [0.05, 0.1) is 17.4 Å². The fourth-order valence-corrected chi connectivity index (χ4v) is 4.75. The first-order valence-electron chi connectivity index (χ1n) is 9.92. The van der Waals surface area contributed by atoms with Crippen LogP contribution in [-0.4, -0.2) is 45.4 Å². The molecule has 4 heteroatoms. The molecular weight excluding hydrogens is 320 g/mol. The summed E-state index contributed by atoms with van der Waals surface area (Å²) in [5, 5.41) is 0. The number of hydrogen-bond acceptors (Lipinski definition) is 4. The third kappa shape index (κ3) is 3.53. The van der Waals surface area contributed by atoms with Crippen LogP contribution in [0.15, 0.2) is 36.7 Å². The summed E-state index contributed by atoms with van der Waals surface area (Å²) >= 11 is 0. The monoisotopic (exact) mass is 350 g/mol. The normalized spacial score (nSPS) is 27.3. The first-order valence-corrected chi connectivity index (χ1v) is 9.92. The van der Waals surface area contributed by atoms with Gasteiger partial charge in [0, 0.05) is 31.0 Å². The molecule has 2 aliphatic rings. The second-order valence-corrected chi connectivity index (χ2v) is 8.09. The third-order valence-corrected chi connectivity index (χ3v) is 6.22. The maximum Gasteiger partial charge on any atom is 0.0575 e. The van der Waals surface area contributed by atoms with Gasteiger partial charge in [0.1, 0.15) is 0 Å². The Morgan fingerprint density at radius 1 is 0.923 bits per heavy atom. The number of hydrogen-bond donors (Lipinski definition) is 0. The van der Waals surface area contributed by atoms with Gasteiger partial charge in [0.15, 0.2) is 0 Å². The number of nitrogens with zero attached hydrogens (tertiary/aromatic N) is 4. The van der Waals surface area contributed by atoms with Gasteiger partial charge in [-0.25, -0.2) is 0 Å². The van der Waals surface area contributed by atoms with E-state index in [2.05, 4.69) is 59.9 Å². The summed E-state index contributed by atoms with van der Waals surface area (Å²) in [5.74, 6) is 0. The average Bonchev–Trinajstić information content (AvgIpc) is 3.24. The lowest BCUT2D eigenvalue weighted by atomic mass is 10.0. The molecule has 4 nitrogen and oxygen atoms in total. The van der Waals surface area contributed by atoms with Crippen molar-refractivity contribution in [3.8, 4) is 0 Å². The van der Waals surface area contributed by atoms with Crippen LogP contribution in [0, 0.1) is 13.8 Å². The molecule has 0 amide bonds. The van der Waals surface area contributed by atoms with E-state index in [1.54, 1.807) is 0 Å². The van der Waals surface area contributed by atoms with Crippen LogP contribution >= 0.6 is 0 Å². The zero-order valence-electron chi connectivity index (χ0n) is 16.2. The molecule has 0 N–H and O–H groups in total. The molecule has 0 spiro atoms. The Hall–Kier alpha value is -1.78. The highest BCUT2D eigenvalue weighted by molar-refractivity contribution is 5.17. The summed E-state index contributed by atoms with van der Waals surface area (Å²) in [4.78, 5) is 14.6. The molecule has 4 rings (SSSR count). The van der Waals surface area contributed by atoms with Crippen molar-refractivity contribution in [2.45, 2.75) is 64.2 Å². The summed E-state index contributed by atoms with van der Waals surface area (Å²) in [7, 11) is 2.30. The largest absolute Gasteiger partial charge is 0.293 e. The molecule has 2 aromatic heterocycles. The van der Waals surface area contributed by atoms with Crippen molar-refractivity contribution in [1.29, 1.82) is 0 Å². The van der Waals surface area contributed by atoms with E-state index in [1.807, 2.05) is 12.4 Å². The second-order valence-electron chi connectivity index (χ2n) is 8.09. The van der Waals surface area contributed by atoms with E-state index in [0.29, 0.717) is 18.1 Å². The number of rotatable bonds is 4. The SMILES string of the molecule is Cc1ccc(CN2CCCC2C2CCC(c3ccc(C)cn3)N2C)nc1. The van der Waals surface area contributed by atoms with Gasteiger partial charge in [-0.1, -0.05) is 12.1 Å². The Kier molecular flexibility index (Phi) is 5.05. The van der Waals surface area contributed by atoms with Crippen molar-refractivity contribution >= 4 is 0 Å². The van der Waals surface area contributed by atoms with Crippen LogP contribution in [-0.2, 0) is 6.54 Å². The van der Waals surface area contributed by atoms with Crippen LogP contribution in [0.4, 0.5) is 0 Å². The first kappa shape index (κ1) is 17.6. The molecule has 0 radical (unpaired) electrons. The lowest BCUT2D eigenvalue weighted by molar-refractivity contribution is 0.125. The molecule has 2 aliphatic heterocycles. The van der Waals surface area contributed by atoms with Crippen molar-refractivity contribution < 1.29 is 0 Å². The molecule has 0 aromatic carbocycles. The first-order chi connectivity index (χ1) is 12.6. The highest BCUT2D eigenvalue weighted by atomic mass is 15.3. The van der Waals surface area contributed by atoms with Gasteiger partial charge >= 0.3 is 0 Å². The average molecular weight is 351 g/mol. The Labute approximate surface area is 157 Å². The van der Waals surface area contributed by atoms with Crippen molar-refractivity contribution in [3.05, 3.63) is 59.2 Å². The van der Waals surface area contributed by atoms with Crippen LogP contribution in [0.2, 0.25) is 0 Å². The van der Waals surface area contributed by atoms with Crippen molar-refractivity contribution in [2.24, 2.45) is 0 Å². The molecule has 0 bridgehead atoms. The van der Waals surface area contributed by atoms with Crippen molar-refractivity contribution in [3.63, 3.8) is 0 Å². The van der Waals surface area contributed by atoms with Crippen LogP contribution in [0.25, 0.3) is 0 Å². The molecule has 26 heavy (non-hydrogen) atoms. The van der Waals surface area contributed by atoms with E-state index in [1.165, 1.54) is 54.7 Å². The smallest absolute Gasteiger partial charge is 0.0575 e. The van der Waals surface area contributed by atoms with Gasteiger partial charge in [-0.3, -0.25) is 19.8 Å². The Balaban J connectivity index is 1.46. The lowest BCUT2D eigenvalue weighted by Crippen LogP contribution is -2.45. The van der Waals surface area contributed by atoms with E-state index < -0.39 is 0 Å². The third-order valence-electron chi connectivity index (χ3n) is 6.22. The summed E-state index contributed by atoms with van der Waals surface area (Å²) in [6.45, 7) is 6.37. The highest BCUT2D eigenvalue weighted by Crippen LogP contribution is 2.39. The summed E-state index contributed by atoms with van der Waals surface area (Å²) in [6.07, 6.45) is 9.06. The van der Waals surface area contributed by atoms with E-state index >= 15 is 0 Å². The quantitative estimate of drug-likeness (QED) is 0.837. The Morgan fingerprint density at radius 2 is 1.69 bits per heavy atom. The Morgan fingerprint density at radius 3 is 2.38 bits per heavy atom. The number of pyridine rings is 2. The molecule has 2 fully saturated rings. The molecule has 0 aliphatic carbocycles. The highest BCUT2D eigenvalue weighted by Gasteiger charge is 2.40. The fraction of sp³-hybridized carbons (Fsp3) is 0.545. The summed E-state index contributed by atoms with van der Waals surface area (Å²) in [6, 6.07) is 10.5. The van der Waals surface area contributed by atoms with Gasteiger partial charge in [0.25, 0.3) is 0 Å². The maximum atomic E-state index is 4.70. The zero-order chi connectivity index (χ0) is 18.1. The molecule has 2 saturated heterocycles. The number of aromatic nitrogens is 2. The molecule has 3 unspecified atom stereocenters. The summed E-state index contributed by atoms with van der Waals surface area (Å²) in [5.41, 5.74) is 4.89. The molecule has 3 atom stereocenters. The predicted octanol–water partition coefficient (Wildman–Crippen LogP) is 3.89. The topological polar surface area (TPSA) is 32.3 Å². The standard InChI is InChI=1S/C22H30N4/c1-16-6-8-18(23-13-16)15-26-12-4-5-22(26)21-11-10-20(25(21)3)19-9-7-17(2)14-24-19/h6-9,13-14,20-22H,4-5,10-12,15H2,1-3H3.